The highest BCUT2D eigenvalue weighted by Crippen LogP contribution is 2.33. The highest BCUT2D eigenvalue weighted by atomic mass is 19.4. The van der Waals surface area contributed by atoms with Crippen molar-refractivity contribution in [1.82, 2.24) is 0 Å². The topological polar surface area (TPSA) is 55.6 Å². The van der Waals surface area contributed by atoms with E-state index in [-0.39, 0.29) is 12.2 Å². The summed E-state index contributed by atoms with van der Waals surface area (Å²) in [5.74, 6) is 0. The van der Waals surface area contributed by atoms with Gasteiger partial charge in [0.25, 0.3) is 6.47 Å². The second-order valence-electron chi connectivity index (χ2n) is 4.23. The van der Waals surface area contributed by atoms with Crippen molar-refractivity contribution in [3.63, 3.8) is 0 Å². The van der Waals surface area contributed by atoms with Gasteiger partial charge in [0.1, 0.15) is 6.10 Å². The number of ether oxygens (including phenoxy) is 1. The molecular weight excluding hydrogens is 261 g/mol. The van der Waals surface area contributed by atoms with Gasteiger partial charge >= 0.3 is 6.18 Å². The monoisotopic (exact) mass is 276 g/mol. The lowest BCUT2D eigenvalue weighted by molar-refractivity contribution is -0.137. The SMILES string of the molecule is CC(CN(C)c1cc(N)cc(C(F)(F)F)c1)OC=O. The quantitative estimate of drug-likeness (QED) is 0.662. The molecule has 1 rings (SSSR count). The molecule has 0 spiro atoms. The number of carbonyl (C=O) groups excluding carboxylic acids is 1. The average molecular weight is 276 g/mol. The maximum atomic E-state index is 12.6. The van der Waals surface area contributed by atoms with Gasteiger partial charge in [-0.2, -0.15) is 13.2 Å². The number of likely N-dealkylation sites (N-methyl/N-ethyl adjacent to an activating group) is 1. The summed E-state index contributed by atoms with van der Waals surface area (Å²) in [7, 11) is 1.60. The molecule has 0 radical (unpaired) electrons. The first-order valence-corrected chi connectivity index (χ1v) is 5.52. The molecule has 0 aliphatic rings. The van der Waals surface area contributed by atoms with Crippen LogP contribution in [0.15, 0.2) is 18.2 Å². The fourth-order valence-electron chi connectivity index (χ4n) is 1.65. The number of nitrogen functional groups attached to an aromatic ring is 1. The molecule has 19 heavy (non-hydrogen) atoms. The highest BCUT2D eigenvalue weighted by Gasteiger charge is 2.31. The molecule has 0 aliphatic heterocycles. The Labute approximate surface area is 108 Å². The summed E-state index contributed by atoms with van der Waals surface area (Å²) in [4.78, 5) is 11.7. The molecule has 106 valence electrons. The van der Waals surface area contributed by atoms with Crippen molar-refractivity contribution in [2.45, 2.75) is 19.2 Å². The van der Waals surface area contributed by atoms with Crippen LogP contribution in [0.5, 0.6) is 0 Å². The number of anilines is 2. The van der Waals surface area contributed by atoms with Crippen LogP contribution in [0.2, 0.25) is 0 Å². The van der Waals surface area contributed by atoms with Gasteiger partial charge < -0.3 is 15.4 Å². The molecule has 0 amide bonds. The Morgan fingerprint density at radius 3 is 2.58 bits per heavy atom. The first-order chi connectivity index (χ1) is 8.74. The first-order valence-electron chi connectivity index (χ1n) is 5.52. The summed E-state index contributed by atoms with van der Waals surface area (Å²) < 4.78 is 42.6. The van der Waals surface area contributed by atoms with E-state index in [2.05, 4.69) is 4.74 Å². The minimum Gasteiger partial charge on any atom is -0.463 e. The summed E-state index contributed by atoms with van der Waals surface area (Å²) in [5, 5.41) is 0. The normalized spacial score (nSPS) is 12.9. The van der Waals surface area contributed by atoms with E-state index in [9.17, 15) is 18.0 Å². The Morgan fingerprint density at radius 2 is 2.05 bits per heavy atom. The third kappa shape index (κ3) is 4.35. The van der Waals surface area contributed by atoms with Gasteiger partial charge in [0.15, 0.2) is 0 Å². The lowest BCUT2D eigenvalue weighted by atomic mass is 10.1. The van der Waals surface area contributed by atoms with Crippen LogP contribution in [0.25, 0.3) is 0 Å². The summed E-state index contributed by atoms with van der Waals surface area (Å²) in [6.45, 7) is 2.21. The molecule has 1 aromatic rings. The van der Waals surface area contributed by atoms with Crippen LogP contribution >= 0.6 is 0 Å². The first kappa shape index (κ1) is 15.1. The van der Waals surface area contributed by atoms with Crippen LogP contribution < -0.4 is 10.6 Å². The van der Waals surface area contributed by atoms with Crippen LogP contribution in [0.3, 0.4) is 0 Å². The highest BCUT2D eigenvalue weighted by molar-refractivity contribution is 5.58. The number of nitrogens with zero attached hydrogens (tertiary/aromatic N) is 1. The van der Waals surface area contributed by atoms with Gasteiger partial charge in [-0.15, -0.1) is 0 Å². The zero-order chi connectivity index (χ0) is 14.6. The molecule has 1 atom stereocenters. The van der Waals surface area contributed by atoms with Gasteiger partial charge in [-0.3, -0.25) is 4.79 Å². The molecule has 7 heteroatoms. The van der Waals surface area contributed by atoms with Gasteiger partial charge in [-0.25, -0.2) is 0 Å². The Kier molecular flexibility index (Phi) is 4.63. The number of hydrogen-bond acceptors (Lipinski definition) is 4. The van der Waals surface area contributed by atoms with E-state index in [1.54, 1.807) is 18.9 Å². The zero-order valence-corrected chi connectivity index (χ0v) is 10.6. The van der Waals surface area contributed by atoms with Crippen molar-refractivity contribution in [2.75, 3.05) is 24.2 Å². The van der Waals surface area contributed by atoms with E-state index >= 15 is 0 Å². The third-order valence-electron chi connectivity index (χ3n) is 2.53. The Bertz CT molecular complexity index is 449. The lowest BCUT2D eigenvalue weighted by Gasteiger charge is -2.23. The van der Waals surface area contributed by atoms with E-state index in [0.29, 0.717) is 12.2 Å². The van der Waals surface area contributed by atoms with Gasteiger partial charge in [0, 0.05) is 18.4 Å². The fraction of sp³-hybridized carbons (Fsp3) is 0.417. The summed E-state index contributed by atoms with van der Waals surface area (Å²) in [6.07, 6.45) is -4.88. The minimum atomic E-state index is -4.45. The van der Waals surface area contributed by atoms with Crippen LogP contribution in [0, 0.1) is 0 Å². The molecule has 0 bridgehead atoms. The number of benzene rings is 1. The van der Waals surface area contributed by atoms with E-state index in [1.165, 1.54) is 6.07 Å². The van der Waals surface area contributed by atoms with Gasteiger partial charge in [-0.05, 0) is 25.1 Å². The number of hydrogen-bond donors (Lipinski definition) is 1. The zero-order valence-electron chi connectivity index (χ0n) is 10.6. The lowest BCUT2D eigenvalue weighted by Crippen LogP contribution is -2.29. The van der Waals surface area contributed by atoms with Crippen molar-refractivity contribution in [1.29, 1.82) is 0 Å². The van der Waals surface area contributed by atoms with Crippen LogP contribution in [-0.2, 0) is 15.7 Å². The second kappa shape index (κ2) is 5.81. The van der Waals surface area contributed by atoms with Gasteiger partial charge in [0.2, 0.25) is 0 Å². The summed E-state index contributed by atoms with van der Waals surface area (Å²) in [5.41, 5.74) is 5.00. The Morgan fingerprint density at radius 1 is 1.42 bits per heavy atom. The van der Waals surface area contributed by atoms with Crippen molar-refractivity contribution < 1.29 is 22.7 Å². The molecule has 0 saturated heterocycles. The van der Waals surface area contributed by atoms with E-state index in [0.717, 1.165) is 12.1 Å². The molecule has 4 nitrogen and oxygen atoms in total. The Hall–Kier alpha value is -1.92. The van der Waals surface area contributed by atoms with Crippen LogP contribution in [0.1, 0.15) is 12.5 Å². The average Bonchev–Trinajstić information content (AvgIpc) is 2.27. The summed E-state index contributed by atoms with van der Waals surface area (Å²) >= 11 is 0. The van der Waals surface area contributed by atoms with Crippen molar-refractivity contribution >= 4 is 17.8 Å². The van der Waals surface area contributed by atoms with E-state index in [4.69, 9.17) is 5.73 Å². The molecule has 0 aliphatic carbocycles. The van der Waals surface area contributed by atoms with Crippen LogP contribution in [-0.4, -0.2) is 26.2 Å². The number of halogens is 3. The maximum absolute atomic E-state index is 12.6. The van der Waals surface area contributed by atoms with Crippen molar-refractivity contribution in [3.8, 4) is 0 Å². The van der Waals surface area contributed by atoms with Gasteiger partial charge in [-0.1, -0.05) is 0 Å². The third-order valence-corrected chi connectivity index (χ3v) is 2.53. The molecule has 0 aromatic heterocycles. The number of carbonyl (C=O) groups is 1. The van der Waals surface area contributed by atoms with Crippen LogP contribution in [0.4, 0.5) is 24.5 Å². The Balaban J connectivity index is 2.94. The van der Waals surface area contributed by atoms with E-state index in [1.807, 2.05) is 0 Å². The molecule has 0 heterocycles. The number of rotatable bonds is 5. The van der Waals surface area contributed by atoms with Crippen molar-refractivity contribution in [2.24, 2.45) is 0 Å². The predicted molar refractivity (Wildman–Crippen MR) is 65.7 cm³/mol. The summed E-state index contributed by atoms with van der Waals surface area (Å²) in [6, 6.07) is 3.32. The molecular formula is C12H15F3N2O2. The van der Waals surface area contributed by atoms with E-state index < -0.39 is 17.8 Å². The molecule has 0 fully saturated rings. The molecule has 1 unspecified atom stereocenters. The fourth-order valence-corrected chi connectivity index (χ4v) is 1.65. The minimum absolute atomic E-state index is 0.0284. The standard InChI is InChI=1S/C12H15F3N2O2/c1-8(19-7-18)6-17(2)11-4-9(12(13,14)15)3-10(16)5-11/h3-5,7-8H,6,16H2,1-2H3. The predicted octanol–water partition coefficient (Wildman–Crippen LogP) is 2.29. The number of nitrogens with two attached hydrogens (primary N) is 1. The number of alkyl halides is 3. The molecule has 2 N–H and O–H groups in total. The molecule has 1 aromatic carbocycles. The van der Waals surface area contributed by atoms with Crippen molar-refractivity contribution in [3.05, 3.63) is 23.8 Å². The largest absolute Gasteiger partial charge is 0.463 e. The smallest absolute Gasteiger partial charge is 0.416 e. The molecule has 0 saturated carbocycles. The van der Waals surface area contributed by atoms with Gasteiger partial charge in [0.05, 0.1) is 12.1 Å². The maximum Gasteiger partial charge on any atom is 0.416 e. The second-order valence-corrected chi connectivity index (χ2v) is 4.23.